The molecule has 5 heteroatoms. The third-order valence-corrected chi connectivity index (χ3v) is 2.20. The van der Waals surface area contributed by atoms with Gasteiger partial charge in [-0.1, -0.05) is 0 Å². The first-order chi connectivity index (χ1) is 6.97. The number of carboxylic acid groups (broad SMARTS) is 1. The molecule has 1 aliphatic heterocycles. The molecule has 2 N–H and O–H groups in total. The Hall–Kier alpha value is -1.10. The van der Waals surface area contributed by atoms with Crippen molar-refractivity contribution in [3.8, 4) is 0 Å². The van der Waals surface area contributed by atoms with Crippen molar-refractivity contribution in [1.29, 1.82) is 0 Å². The number of aliphatic carboxylic acids is 1. The molecule has 88 valence electrons. The molecule has 0 aromatic heterocycles. The Morgan fingerprint density at radius 1 is 1.40 bits per heavy atom. The van der Waals surface area contributed by atoms with Gasteiger partial charge in [-0.3, -0.25) is 9.59 Å². The van der Waals surface area contributed by atoms with Gasteiger partial charge in [0.05, 0.1) is 13.0 Å². The lowest BCUT2D eigenvalue weighted by Gasteiger charge is -2.25. The number of hydrogen-bond acceptors (Lipinski definition) is 4. The lowest BCUT2D eigenvalue weighted by molar-refractivity contribution is -0.146. The molecule has 0 saturated carbocycles. The summed E-state index contributed by atoms with van der Waals surface area (Å²) < 4.78 is 4.65. The largest absolute Gasteiger partial charge is 0.481 e. The lowest BCUT2D eigenvalue weighted by atomic mass is 9.96. The number of carboxylic acids is 1. The number of carbonyl (C=O) groups excluding carboxylic acids is 1. The van der Waals surface area contributed by atoms with Gasteiger partial charge in [0, 0.05) is 19.5 Å². The minimum absolute atomic E-state index is 0.0793. The molecule has 0 spiro atoms. The second kappa shape index (κ2) is 7.23. The molecule has 1 aliphatic rings. The van der Waals surface area contributed by atoms with E-state index in [9.17, 15) is 4.79 Å². The van der Waals surface area contributed by atoms with E-state index in [0.717, 1.165) is 26.3 Å². The van der Waals surface area contributed by atoms with Crippen LogP contribution in [0.1, 0.15) is 26.7 Å². The van der Waals surface area contributed by atoms with Crippen LogP contribution in [0.25, 0.3) is 0 Å². The predicted molar refractivity (Wildman–Crippen MR) is 55.5 cm³/mol. The number of nitrogens with one attached hydrogen (secondary N) is 1. The van der Waals surface area contributed by atoms with Crippen LogP contribution in [0.2, 0.25) is 0 Å². The summed E-state index contributed by atoms with van der Waals surface area (Å²) >= 11 is 0. The predicted octanol–water partition coefficient (Wildman–Crippen LogP) is 0.638. The van der Waals surface area contributed by atoms with Crippen LogP contribution >= 0.6 is 0 Å². The summed E-state index contributed by atoms with van der Waals surface area (Å²) in [6, 6.07) is 0.552. The van der Waals surface area contributed by atoms with Crippen molar-refractivity contribution in [2.24, 2.45) is 5.92 Å². The van der Waals surface area contributed by atoms with Crippen LogP contribution in [-0.2, 0) is 14.3 Å². The first-order valence-corrected chi connectivity index (χ1v) is 4.98. The first-order valence-electron chi connectivity index (χ1n) is 4.98. The molecule has 0 bridgehead atoms. The number of piperidine rings is 1. The van der Waals surface area contributed by atoms with Gasteiger partial charge in [-0.15, -0.1) is 0 Å². The van der Waals surface area contributed by atoms with Gasteiger partial charge in [0.25, 0.3) is 5.97 Å². The minimum atomic E-state index is -0.833. The van der Waals surface area contributed by atoms with Gasteiger partial charge in [0.15, 0.2) is 0 Å². The fraction of sp³-hybridized carbons (Fsp3) is 0.800. The van der Waals surface area contributed by atoms with Gasteiger partial charge in [-0.2, -0.15) is 0 Å². The second-order valence-corrected chi connectivity index (χ2v) is 3.63. The zero-order valence-electron chi connectivity index (χ0n) is 9.45. The van der Waals surface area contributed by atoms with Crippen LogP contribution in [0.4, 0.5) is 0 Å². The van der Waals surface area contributed by atoms with Crippen molar-refractivity contribution in [2.45, 2.75) is 32.7 Å². The van der Waals surface area contributed by atoms with E-state index < -0.39 is 5.97 Å². The number of hydrogen-bond donors (Lipinski definition) is 2. The molecule has 15 heavy (non-hydrogen) atoms. The van der Waals surface area contributed by atoms with E-state index in [4.69, 9.17) is 9.90 Å². The topological polar surface area (TPSA) is 75.6 Å². The highest BCUT2D eigenvalue weighted by Gasteiger charge is 2.23. The molecule has 0 aromatic carbocycles. The molecular formula is C10H19NO4. The van der Waals surface area contributed by atoms with Crippen LogP contribution in [0.15, 0.2) is 0 Å². The summed E-state index contributed by atoms with van der Waals surface area (Å²) in [5.74, 6) is -0.833. The maximum absolute atomic E-state index is 11.0. The molecule has 0 unspecified atom stereocenters. The van der Waals surface area contributed by atoms with E-state index in [1.165, 1.54) is 7.11 Å². The van der Waals surface area contributed by atoms with E-state index >= 15 is 0 Å². The van der Waals surface area contributed by atoms with Crippen molar-refractivity contribution >= 4 is 11.9 Å². The quantitative estimate of drug-likeness (QED) is 0.630. The average Bonchev–Trinajstić information content (AvgIpc) is 2.17. The number of esters is 1. The van der Waals surface area contributed by atoms with Crippen LogP contribution < -0.4 is 5.32 Å². The highest BCUT2D eigenvalue weighted by atomic mass is 16.5. The van der Waals surface area contributed by atoms with Crippen molar-refractivity contribution in [3.63, 3.8) is 0 Å². The van der Waals surface area contributed by atoms with Crippen molar-refractivity contribution in [1.82, 2.24) is 5.32 Å². The fourth-order valence-electron chi connectivity index (χ4n) is 1.37. The third-order valence-electron chi connectivity index (χ3n) is 2.20. The van der Waals surface area contributed by atoms with Crippen LogP contribution in [-0.4, -0.2) is 36.7 Å². The maximum atomic E-state index is 11.0. The van der Waals surface area contributed by atoms with Crippen LogP contribution in [0, 0.1) is 5.92 Å². The number of rotatable bonds is 1. The molecule has 1 heterocycles. The molecule has 0 aliphatic carbocycles. The third kappa shape index (κ3) is 6.90. The highest BCUT2D eigenvalue weighted by molar-refractivity contribution is 5.72. The Balaban J connectivity index is 0.000000423. The van der Waals surface area contributed by atoms with Gasteiger partial charge in [0.2, 0.25) is 0 Å². The van der Waals surface area contributed by atoms with E-state index in [-0.39, 0.29) is 11.9 Å². The molecule has 1 fully saturated rings. The Morgan fingerprint density at radius 2 is 1.93 bits per heavy atom. The molecule has 1 saturated heterocycles. The SMILES string of the molecule is CC(=O)O.COC(=O)[C@@H]1CC[C@H](C)NC1. The average molecular weight is 217 g/mol. The molecule has 0 radical (unpaired) electrons. The van der Waals surface area contributed by atoms with Crippen molar-refractivity contribution in [2.75, 3.05) is 13.7 Å². The smallest absolute Gasteiger partial charge is 0.309 e. The van der Waals surface area contributed by atoms with Gasteiger partial charge < -0.3 is 15.2 Å². The zero-order chi connectivity index (χ0) is 11.8. The number of methoxy groups -OCH3 is 1. The lowest BCUT2D eigenvalue weighted by Crippen LogP contribution is -2.40. The number of carbonyl (C=O) groups is 2. The van der Waals surface area contributed by atoms with Gasteiger partial charge in [0.1, 0.15) is 0 Å². The Bertz CT molecular complexity index is 205. The first kappa shape index (κ1) is 13.9. The van der Waals surface area contributed by atoms with Gasteiger partial charge in [-0.05, 0) is 19.8 Å². The standard InChI is InChI=1S/C8H15NO2.C2H4O2/c1-6-3-4-7(5-9-6)8(10)11-2;1-2(3)4/h6-7,9H,3-5H2,1-2H3;1H3,(H,3,4)/t6-,7+;/m0./s1. The van der Waals surface area contributed by atoms with Crippen molar-refractivity contribution < 1.29 is 19.4 Å². The summed E-state index contributed by atoms with van der Waals surface area (Å²) in [5.41, 5.74) is 0. The van der Waals surface area contributed by atoms with Crippen molar-refractivity contribution in [3.05, 3.63) is 0 Å². The fourth-order valence-corrected chi connectivity index (χ4v) is 1.37. The van der Waals surface area contributed by atoms with Crippen LogP contribution in [0.5, 0.6) is 0 Å². The molecule has 2 atom stereocenters. The van der Waals surface area contributed by atoms with Gasteiger partial charge >= 0.3 is 5.97 Å². The van der Waals surface area contributed by atoms with Gasteiger partial charge in [-0.25, -0.2) is 0 Å². The summed E-state index contributed by atoms with van der Waals surface area (Å²) in [6.45, 7) is 3.99. The van der Waals surface area contributed by atoms with E-state index in [2.05, 4.69) is 17.0 Å². The van der Waals surface area contributed by atoms with E-state index in [1.54, 1.807) is 0 Å². The summed E-state index contributed by atoms with van der Waals surface area (Å²) in [4.78, 5) is 20.0. The summed E-state index contributed by atoms with van der Waals surface area (Å²) in [7, 11) is 1.44. The summed E-state index contributed by atoms with van der Waals surface area (Å²) in [5, 5.41) is 10.7. The number of ether oxygens (including phenoxy) is 1. The van der Waals surface area contributed by atoms with E-state index in [1.807, 2.05) is 0 Å². The Morgan fingerprint density at radius 3 is 2.27 bits per heavy atom. The molecule has 5 nitrogen and oxygen atoms in total. The Labute approximate surface area is 89.8 Å². The van der Waals surface area contributed by atoms with Crippen LogP contribution in [0.3, 0.4) is 0 Å². The molecule has 0 aromatic rings. The molecule has 0 amide bonds. The second-order valence-electron chi connectivity index (χ2n) is 3.63. The molecular weight excluding hydrogens is 198 g/mol. The minimum Gasteiger partial charge on any atom is -0.481 e. The zero-order valence-corrected chi connectivity index (χ0v) is 9.45. The highest BCUT2D eigenvalue weighted by Crippen LogP contribution is 2.14. The maximum Gasteiger partial charge on any atom is 0.309 e. The van der Waals surface area contributed by atoms with E-state index in [0.29, 0.717) is 6.04 Å². The summed E-state index contributed by atoms with van der Waals surface area (Å²) in [6.07, 6.45) is 2.03. The normalized spacial score (nSPS) is 24.7. The molecule has 1 rings (SSSR count). The Kier molecular flexibility index (Phi) is 6.70. The monoisotopic (exact) mass is 217 g/mol.